The van der Waals surface area contributed by atoms with Crippen LogP contribution in [0.1, 0.15) is 29.1 Å². The quantitative estimate of drug-likeness (QED) is 0.735. The standard InChI is InChI=1S/C14H17N3OS/c1-16-7-5-9-10(8-16)19-13-12(9)14(18)17-6-3-2-4-11(17)15-13/h2-8H2,1H3. The molecule has 19 heavy (non-hydrogen) atoms. The molecule has 0 radical (unpaired) electrons. The maximum atomic E-state index is 12.7. The summed E-state index contributed by atoms with van der Waals surface area (Å²) >= 11 is 1.72. The van der Waals surface area contributed by atoms with Crippen LogP contribution >= 0.6 is 11.3 Å². The number of nitrogens with zero attached hydrogens (tertiary/aromatic N) is 3. The first kappa shape index (κ1) is 11.6. The summed E-state index contributed by atoms with van der Waals surface area (Å²) in [5, 5.41) is 0.916. The predicted molar refractivity (Wildman–Crippen MR) is 76.9 cm³/mol. The molecule has 2 aromatic rings. The monoisotopic (exact) mass is 275 g/mol. The van der Waals surface area contributed by atoms with Crippen molar-refractivity contribution >= 4 is 21.6 Å². The first-order valence-electron chi connectivity index (χ1n) is 6.96. The second kappa shape index (κ2) is 4.15. The van der Waals surface area contributed by atoms with Gasteiger partial charge in [-0.1, -0.05) is 0 Å². The average molecular weight is 275 g/mol. The Morgan fingerprint density at radius 1 is 1.21 bits per heavy atom. The third-order valence-electron chi connectivity index (χ3n) is 4.26. The zero-order valence-corrected chi connectivity index (χ0v) is 11.9. The highest BCUT2D eigenvalue weighted by Crippen LogP contribution is 2.32. The molecule has 0 amide bonds. The number of rotatable bonds is 0. The molecule has 4 rings (SSSR count). The zero-order chi connectivity index (χ0) is 13.0. The molecule has 4 heterocycles. The van der Waals surface area contributed by atoms with E-state index in [1.807, 2.05) is 4.57 Å². The molecular weight excluding hydrogens is 258 g/mol. The van der Waals surface area contributed by atoms with Gasteiger partial charge in [-0.2, -0.15) is 0 Å². The number of aromatic nitrogens is 2. The van der Waals surface area contributed by atoms with Gasteiger partial charge in [0.15, 0.2) is 0 Å². The van der Waals surface area contributed by atoms with Gasteiger partial charge >= 0.3 is 0 Å². The summed E-state index contributed by atoms with van der Waals surface area (Å²) in [6.45, 7) is 2.85. The van der Waals surface area contributed by atoms with Gasteiger partial charge in [0, 0.05) is 30.9 Å². The first-order chi connectivity index (χ1) is 9.24. The Morgan fingerprint density at radius 2 is 2.11 bits per heavy atom. The molecule has 0 fully saturated rings. The van der Waals surface area contributed by atoms with Gasteiger partial charge in [-0.15, -0.1) is 11.3 Å². The Hall–Kier alpha value is -1.20. The third-order valence-corrected chi connectivity index (χ3v) is 5.37. The highest BCUT2D eigenvalue weighted by molar-refractivity contribution is 7.18. The van der Waals surface area contributed by atoms with Crippen LogP contribution in [0.4, 0.5) is 0 Å². The lowest BCUT2D eigenvalue weighted by molar-refractivity contribution is 0.318. The lowest BCUT2D eigenvalue weighted by atomic mass is 10.1. The molecule has 0 saturated heterocycles. The van der Waals surface area contributed by atoms with Crippen molar-refractivity contribution in [3.05, 3.63) is 26.6 Å². The van der Waals surface area contributed by atoms with E-state index in [0.717, 1.165) is 61.4 Å². The van der Waals surface area contributed by atoms with E-state index in [9.17, 15) is 4.79 Å². The van der Waals surface area contributed by atoms with Crippen LogP contribution in [0.5, 0.6) is 0 Å². The van der Waals surface area contributed by atoms with Crippen molar-refractivity contribution in [1.29, 1.82) is 0 Å². The van der Waals surface area contributed by atoms with E-state index in [-0.39, 0.29) is 5.56 Å². The summed E-state index contributed by atoms with van der Waals surface area (Å²) in [7, 11) is 2.14. The number of thiophene rings is 1. The van der Waals surface area contributed by atoms with E-state index < -0.39 is 0 Å². The molecule has 5 heteroatoms. The molecule has 0 unspecified atom stereocenters. The Bertz CT molecular complexity index is 716. The van der Waals surface area contributed by atoms with Gasteiger partial charge in [0.05, 0.1) is 5.39 Å². The first-order valence-corrected chi connectivity index (χ1v) is 7.78. The molecule has 2 aliphatic heterocycles. The maximum absolute atomic E-state index is 12.7. The van der Waals surface area contributed by atoms with Crippen molar-refractivity contribution in [2.75, 3.05) is 13.6 Å². The number of hydrogen-bond acceptors (Lipinski definition) is 4. The second-order valence-electron chi connectivity index (χ2n) is 5.61. The van der Waals surface area contributed by atoms with Gasteiger partial charge in [-0.05, 0) is 31.9 Å². The summed E-state index contributed by atoms with van der Waals surface area (Å²) in [6.07, 6.45) is 4.21. The van der Waals surface area contributed by atoms with E-state index in [1.54, 1.807) is 11.3 Å². The van der Waals surface area contributed by atoms with Crippen LogP contribution in [0.3, 0.4) is 0 Å². The number of likely N-dealkylation sites (N-methyl/N-ethyl adjacent to an activating group) is 1. The number of fused-ring (bicyclic) bond motifs is 4. The van der Waals surface area contributed by atoms with Crippen LogP contribution in [-0.2, 0) is 25.9 Å². The fourth-order valence-corrected chi connectivity index (χ4v) is 4.53. The average Bonchev–Trinajstić information content (AvgIpc) is 2.76. The largest absolute Gasteiger partial charge is 0.301 e. The minimum absolute atomic E-state index is 0.210. The minimum atomic E-state index is 0.210. The van der Waals surface area contributed by atoms with E-state index in [0.29, 0.717) is 0 Å². The minimum Gasteiger partial charge on any atom is -0.301 e. The molecule has 0 atom stereocenters. The smallest absolute Gasteiger partial charge is 0.262 e. The molecule has 0 bridgehead atoms. The summed E-state index contributed by atoms with van der Waals surface area (Å²) in [4.78, 5) is 22.1. The van der Waals surface area contributed by atoms with Gasteiger partial charge < -0.3 is 4.90 Å². The fraction of sp³-hybridized carbons (Fsp3) is 0.571. The molecular formula is C14H17N3OS. The highest BCUT2D eigenvalue weighted by Gasteiger charge is 2.24. The third kappa shape index (κ3) is 1.68. The van der Waals surface area contributed by atoms with Crippen LogP contribution in [0.15, 0.2) is 4.79 Å². The van der Waals surface area contributed by atoms with Crippen molar-refractivity contribution in [3.63, 3.8) is 0 Å². The molecule has 0 N–H and O–H groups in total. The Balaban J connectivity index is 2.02. The molecule has 4 nitrogen and oxygen atoms in total. The summed E-state index contributed by atoms with van der Waals surface area (Å²) in [6, 6.07) is 0. The van der Waals surface area contributed by atoms with Crippen molar-refractivity contribution in [2.45, 2.75) is 38.8 Å². The van der Waals surface area contributed by atoms with Crippen LogP contribution in [-0.4, -0.2) is 28.0 Å². The van der Waals surface area contributed by atoms with E-state index in [2.05, 4.69) is 11.9 Å². The van der Waals surface area contributed by atoms with Gasteiger partial charge in [-0.25, -0.2) is 4.98 Å². The molecule has 2 aromatic heterocycles. The van der Waals surface area contributed by atoms with Crippen molar-refractivity contribution in [2.24, 2.45) is 0 Å². The molecule has 100 valence electrons. The molecule has 0 spiro atoms. The zero-order valence-electron chi connectivity index (χ0n) is 11.1. The number of aryl methyl sites for hydroxylation is 1. The molecule has 0 aliphatic carbocycles. The van der Waals surface area contributed by atoms with Crippen LogP contribution < -0.4 is 5.56 Å². The van der Waals surface area contributed by atoms with Crippen molar-refractivity contribution < 1.29 is 0 Å². The Morgan fingerprint density at radius 3 is 3.00 bits per heavy atom. The SMILES string of the molecule is CN1CCc2c(sc3nc4n(c(=O)c23)CCCC4)C1. The topological polar surface area (TPSA) is 38.1 Å². The van der Waals surface area contributed by atoms with Gasteiger partial charge in [0.25, 0.3) is 5.56 Å². The van der Waals surface area contributed by atoms with Crippen LogP contribution in [0, 0.1) is 0 Å². The molecule has 0 saturated carbocycles. The summed E-state index contributed by atoms with van der Waals surface area (Å²) in [5.41, 5.74) is 1.48. The van der Waals surface area contributed by atoms with E-state index >= 15 is 0 Å². The van der Waals surface area contributed by atoms with Crippen molar-refractivity contribution in [1.82, 2.24) is 14.5 Å². The van der Waals surface area contributed by atoms with Gasteiger partial charge in [0.2, 0.25) is 0 Å². The van der Waals surface area contributed by atoms with Crippen molar-refractivity contribution in [3.8, 4) is 0 Å². The highest BCUT2D eigenvalue weighted by atomic mass is 32.1. The number of hydrogen-bond donors (Lipinski definition) is 0. The lowest BCUT2D eigenvalue weighted by Gasteiger charge is -2.22. The maximum Gasteiger partial charge on any atom is 0.262 e. The van der Waals surface area contributed by atoms with Crippen LogP contribution in [0.2, 0.25) is 0 Å². The van der Waals surface area contributed by atoms with Gasteiger partial charge in [0.1, 0.15) is 10.7 Å². The molecule has 0 aromatic carbocycles. The summed E-state index contributed by atoms with van der Waals surface area (Å²) in [5.74, 6) is 0.996. The summed E-state index contributed by atoms with van der Waals surface area (Å²) < 4.78 is 1.91. The Labute approximate surface area is 115 Å². The second-order valence-corrected chi connectivity index (χ2v) is 6.70. The fourth-order valence-electron chi connectivity index (χ4n) is 3.22. The predicted octanol–water partition coefficient (Wildman–Crippen LogP) is 1.78. The van der Waals surface area contributed by atoms with E-state index in [4.69, 9.17) is 4.98 Å². The molecule has 2 aliphatic rings. The normalized spacial score (nSPS) is 19.4. The van der Waals surface area contributed by atoms with E-state index in [1.165, 1.54) is 10.4 Å². The lowest BCUT2D eigenvalue weighted by Crippen LogP contribution is -2.29. The Kier molecular flexibility index (Phi) is 2.53. The van der Waals surface area contributed by atoms with Crippen LogP contribution in [0.25, 0.3) is 10.2 Å². The van der Waals surface area contributed by atoms with Gasteiger partial charge in [-0.3, -0.25) is 9.36 Å².